The minimum Gasteiger partial charge on any atom is -0.353 e. The third-order valence-electron chi connectivity index (χ3n) is 4.32. The third kappa shape index (κ3) is 3.92. The summed E-state index contributed by atoms with van der Waals surface area (Å²) in [6.45, 7) is 6.98. The number of benzene rings is 1. The van der Waals surface area contributed by atoms with Gasteiger partial charge in [-0.25, -0.2) is 4.98 Å². The molecule has 0 spiro atoms. The van der Waals surface area contributed by atoms with Gasteiger partial charge in [-0.2, -0.15) is 0 Å². The molecule has 0 aliphatic carbocycles. The molecule has 2 heterocycles. The van der Waals surface area contributed by atoms with E-state index in [1.807, 2.05) is 53.6 Å². The van der Waals surface area contributed by atoms with E-state index in [4.69, 9.17) is 0 Å². The van der Waals surface area contributed by atoms with Gasteiger partial charge in [-0.15, -0.1) is 0 Å². The summed E-state index contributed by atoms with van der Waals surface area (Å²) in [5.41, 5.74) is 1.97. The zero-order chi connectivity index (χ0) is 16.8. The number of rotatable bonds is 5. The monoisotopic (exact) mass is 324 g/mol. The van der Waals surface area contributed by atoms with Gasteiger partial charge < -0.3 is 15.1 Å². The van der Waals surface area contributed by atoms with E-state index in [2.05, 4.69) is 22.1 Å². The van der Waals surface area contributed by atoms with Crippen molar-refractivity contribution >= 4 is 11.7 Å². The highest BCUT2D eigenvalue weighted by atomic mass is 16.2. The van der Waals surface area contributed by atoms with Crippen LogP contribution in [-0.2, 0) is 6.54 Å². The van der Waals surface area contributed by atoms with Crippen molar-refractivity contribution in [3.8, 4) is 0 Å². The summed E-state index contributed by atoms with van der Waals surface area (Å²) >= 11 is 0. The van der Waals surface area contributed by atoms with Crippen molar-refractivity contribution in [3.63, 3.8) is 0 Å². The number of carbonyl (C=O) groups excluding carboxylic acids is 1. The van der Waals surface area contributed by atoms with Gasteiger partial charge in [0, 0.05) is 44.5 Å². The van der Waals surface area contributed by atoms with E-state index in [0.29, 0.717) is 0 Å². The van der Waals surface area contributed by atoms with E-state index in [9.17, 15) is 4.79 Å². The number of hydrogen-bond acceptors (Lipinski definition) is 4. The summed E-state index contributed by atoms with van der Waals surface area (Å²) in [5, 5.41) is 3.29. The lowest BCUT2D eigenvalue weighted by molar-refractivity contribution is 0.0746. The van der Waals surface area contributed by atoms with Crippen molar-refractivity contribution in [3.05, 3.63) is 59.8 Å². The quantitative estimate of drug-likeness (QED) is 0.915. The molecule has 1 saturated heterocycles. The SMILES string of the molecule is CCNCc1ccc(C(=O)N2CCN(c3ccccn3)CC2)cc1. The molecule has 0 radical (unpaired) electrons. The number of carbonyl (C=O) groups is 1. The Kier molecular flexibility index (Phi) is 5.43. The van der Waals surface area contributed by atoms with Crippen LogP contribution in [0.2, 0.25) is 0 Å². The van der Waals surface area contributed by atoms with Crippen molar-refractivity contribution in [1.29, 1.82) is 0 Å². The van der Waals surface area contributed by atoms with E-state index in [1.165, 1.54) is 5.56 Å². The third-order valence-corrected chi connectivity index (χ3v) is 4.32. The van der Waals surface area contributed by atoms with Crippen LogP contribution in [-0.4, -0.2) is 48.5 Å². The Morgan fingerprint density at radius 3 is 2.46 bits per heavy atom. The zero-order valence-corrected chi connectivity index (χ0v) is 14.1. The Balaban J connectivity index is 1.57. The summed E-state index contributed by atoms with van der Waals surface area (Å²) in [6.07, 6.45) is 1.81. The fraction of sp³-hybridized carbons (Fsp3) is 0.368. The minimum absolute atomic E-state index is 0.116. The summed E-state index contributed by atoms with van der Waals surface area (Å²) in [6, 6.07) is 13.8. The van der Waals surface area contributed by atoms with Crippen molar-refractivity contribution < 1.29 is 4.79 Å². The standard InChI is InChI=1S/C19H24N4O/c1-2-20-15-16-6-8-17(9-7-16)19(24)23-13-11-22(12-14-23)18-5-3-4-10-21-18/h3-10,20H,2,11-15H2,1H3. The number of anilines is 1. The van der Waals surface area contributed by atoms with Crippen molar-refractivity contribution in [1.82, 2.24) is 15.2 Å². The van der Waals surface area contributed by atoms with Crippen LogP contribution >= 0.6 is 0 Å². The Hall–Kier alpha value is -2.40. The molecule has 0 bridgehead atoms. The number of amides is 1. The fourth-order valence-electron chi connectivity index (χ4n) is 2.90. The molecule has 126 valence electrons. The van der Waals surface area contributed by atoms with Gasteiger partial charge in [0.05, 0.1) is 0 Å². The smallest absolute Gasteiger partial charge is 0.253 e. The molecule has 0 atom stereocenters. The molecule has 1 fully saturated rings. The molecule has 1 aromatic carbocycles. The Morgan fingerprint density at radius 2 is 1.83 bits per heavy atom. The molecule has 1 aromatic heterocycles. The number of pyridine rings is 1. The van der Waals surface area contributed by atoms with Crippen molar-refractivity contribution in [2.75, 3.05) is 37.6 Å². The van der Waals surface area contributed by atoms with E-state index in [-0.39, 0.29) is 5.91 Å². The summed E-state index contributed by atoms with van der Waals surface area (Å²) < 4.78 is 0. The predicted octanol–water partition coefficient (Wildman–Crippen LogP) is 2.15. The predicted molar refractivity (Wildman–Crippen MR) is 96.2 cm³/mol. The van der Waals surface area contributed by atoms with E-state index in [1.54, 1.807) is 0 Å². The molecule has 0 saturated carbocycles. The van der Waals surface area contributed by atoms with Crippen LogP contribution in [0.1, 0.15) is 22.8 Å². The molecular weight excluding hydrogens is 300 g/mol. The molecule has 1 N–H and O–H groups in total. The number of hydrogen-bond donors (Lipinski definition) is 1. The van der Waals surface area contributed by atoms with Crippen molar-refractivity contribution in [2.45, 2.75) is 13.5 Å². The van der Waals surface area contributed by atoms with Gasteiger partial charge in [0.1, 0.15) is 5.82 Å². The van der Waals surface area contributed by atoms with Gasteiger partial charge >= 0.3 is 0 Å². The zero-order valence-electron chi connectivity index (χ0n) is 14.1. The van der Waals surface area contributed by atoms with Crippen LogP contribution in [0.15, 0.2) is 48.7 Å². The number of nitrogens with one attached hydrogen (secondary N) is 1. The maximum atomic E-state index is 12.6. The second-order valence-corrected chi connectivity index (χ2v) is 5.94. The molecule has 1 aliphatic rings. The summed E-state index contributed by atoms with van der Waals surface area (Å²) in [4.78, 5) is 21.2. The second kappa shape index (κ2) is 7.93. The first kappa shape index (κ1) is 16.5. The average molecular weight is 324 g/mol. The van der Waals surface area contributed by atoms with Gasteiger partial charge in [0.25, 0.3) is 5.91 Å². The van der Waals surface area contributed by atoms with Gasteiger partial charge in [-0.05, 0) is 36.4 Å². The minimum atomic E-state index is 0.116. The second-order valence-electron chi connectivity index (χ2n) is 5.94. The molecule has 24 heavy (non-hydrogen) atoms. The summed E-state index contributed by atoms with van der Waals surface area (Å²) in [5.74, 6) is 1.10. The normalized spacial score (nSPS) is 14.7. The van der Waals surface area contributed by atoms with Gasteiger partial charge in [-0.3, -0.25) is 4.79 Å². The largest absolute Gasteiger partial charge is 0.353 e. The highest BCUT2D eigenvalue weighted by Crippen LogP contribution is 2.15. The van der Waals surface area contributed by atoms with E-state index < -0.39 is 0 Å². The molecule has 0 unspecified atom stereocenters. The number of aromatic nitrogens is 1. The van der Waals surface area contributed by atoms with Gasteiger partial charge in [-0.1, -0.05) is 25.1 Å². The first-order chi connectivity index (χ1) is 11.8. The molecule has 1 amide bonds. The Bertz CT molecular complexity index is 649. The topological polar surface area (TPSA) is 48.5 Å². The highest BCUT2D eigenvalue weighted by molar-refractivity contribution is 5.94. The van der Waals surface area contributed by atoms with E-state index >= 15 is 0 Å². The molecule has 1 aliphatic heterocycles. The van der Waals surface area contributed by atoms with Crippen LogP contribution < -0.4 is 10.2 Å². The molecule has 2 aromatic rings. The van der Waals surface area contributed by atoms with E-state index in [0.717, 1.165) is 50.6 Å². The lowest BCUT2D eigenvalue weighted by Crippen LogP contribution is -2.49. The van der Waals surface area contributed by atoms with Crippen LogP contribution in [0.25, 0.3) is 0 Å². The number of nitrogens with zero attached hydrogens (tertiary/aromatic N) is 3. The van der Waals surface area contributed by atoms with Crippen molar-refractivity contribution in [2.24, 2.45) is 0 Å². The van der Waals surface area contributed by atoms with Crippen LogP contribution in [0.3, 0.4) is 0 Å². The van der Waals surface area contributed by atoms with Crippen LogP contribution in [0.5, 0.6) is 0 Å². The first-order valence-electron chi connectivity index (χ1n) is 8.53. The fourth-order valence-corrected chi connectivity index (χ4v) is 2.90. The van der Waals surface area contributed by atoms with Gasteiger partial charge in [0.15, 0.2) is 0 Å². The average Bonchev–Trinajstić information content (AvgIpc) is 2.67. The molecule has 3 rings (SSSR count). The molecule has 5 nitrogen and oxygen atoms in total. The number of piperazine rings is 1. The first-order valence-corrected chi connectivity index (χ1v) is 8.53. The molecule has 5 heteroatoms. The van der Waals surface area contributed by atoms with Gasteiger partial charge in [0.2, 0.25) is 0 Å². The lowest BCUT2D eigenvalue weighted by Gasteiger charge is -2.35. The maximum Gasteiger partial charge on any atom is 0.253 e. The Labute approximate surface area is 143 Å². The van der Waals surface area contributed by atoms with Crippen LogP contribution in [0.4, 0.5) is 5.82 Å². The maximum absolute atomic E-state index is 12.6. The highest BCUT2D eigenvalue weighted by Gasteiger charge is 2.22. The molecular formula is C19H24N4O. The lowest BCUT2D eigenvalue weighted by atomic mass is 10.1. The Morgan fingerprint density at radius 1 is 1.08 bits per heavy atom. The summed E-state index contributed by atoms with van der Waals surface area (Å²) in [7, 11) is 0. The van der Waals surface area contributed by atoms with Crippen LogP contribution in [0, 0.1) is 0 Å².